The molecule has 0 unspecified atom stereocenters. The number of benzene rings is 2. The predicted molar refractivity (Wildman–Crippen MR) is 141 cm³/mol. The van der Waals surface area contributed by atoms with Gasteiger partial charge in [0.2, 0.25) is 11.1 Å². The molecule has 0 bridgehead atoms. The SMILES string of the molecule is CC(C)(C)c1ccc(-n2nnnc2SCC(=O)Nc2ccc(C#CCCCCO)cc2Cl)c(Cl)c1. The number of halogens is 2. The fourth-order valence-electron chi connectivity index (χ4n) is 3.07. The number of amides is 1. The van der Waals surface area contributed by atoms with Gasteiger partial charge in [-0.05, 0) is 64.6 Å². The lowest BCUT2D eigenvalue weighted by Crippen LogP contribution is -2.15. The minimum Gasteiger partial charge on any atom is -0.396 e. The molecule has 35 heavy (non-hydrogen) atoms. The minimum atomic E-state index is -0.247. The van der Waals surface area contributed by atoms with Crippen molar-refractivity contribution in [1.82, 2.24) is 20.2 Å². The number of hydrogen-bond acceptors (Lipinski definition) is 6. The number of hydrogen-bond donors (Lipinski definition) is 2. The largest absolute Gasteiger partial charge is 0.396 e. The first-order chi connectivity index (χ1) is 16.7. The highest BCUT2D eigenvalue weighted by molar-refractivity contribution is 7.99. The number of carbonyl (C=O) groups is 1. The summed E-state index contributed by atoms with van der Waals surface area (Å²) in [6, 6.07) is 11.0. The van der Waals surface area contributed by atoms with Crippen molar-refractivity contribution in [2.45, 2.75) is 50.6 Å². The van der Waals surface area contributed by atoms with Gasteiger partial charge in [0.05, 0.1) is 27.2 Å². The van der Waals surface area contributed by atoms with Gasteiger partial charge >= 0.3 is 0 Å². The van der Waals surface area contributed by atoms with Crippen LogP contribution in [0.3, 0.4) is 0 Å². The number of tetrazole rings is 1. The molecule has 184 valence electrons. The number of aliphatic hydroxyl groups excluding tert-OH is 1. The summed E-state index contributed by atoms with van der Waals surface area (Å²) < 4.78 is 1.52. The summed E-state index contributed by atoms with van der Waals surface area (Å²) in [5.41, 5.74) is 2.97. The molecule has 3 rings (SSSR count). The maximum Gasteiger partial charge on any atom is 0.234 e. The molecule has 3 aromatic rings. The Balaban J connectivity index is 1.61. The second-order valence-corrected chi connectivity index (χ2v) is 10.6. The average Bonchev–Trinajstić information content (AvgIpc) is 3.27. The van der Waals surface area contributed by atoms with E-state index in [0.29, 0.717) is 33.0 Å². The molecule has 0 spiro atoms. The summed E-state index contributed by atoms with van der Waals surface area (Å²) >= 11 is 14.0. The van der Waals surface area contributed by atoms with E-state index in [1.165, 1.54) is 16.4 Å². The number of nitrogens with zero attached hydrogens (tertiary/aromatic N) is 4. The first-order valence-corrected chi connectivity index (χ1v) is 12.8. The average molecular weight is 532 g/mol. The quantitative estimate of drug-likeness (QED) is 0.226. The van der Waals surface area contributed by atoms with Gasteiger partial charge in [-0.3, -0.25) is 4.79 Å². The molecule has 7 nitrogen and oxygen atoms in total. The van der Waals surface area contributed by atoms with Crippen molar-refractivity contribution in [3.63, 3.8) is 0 Å². The van der Waals surface area contributed by atoms with Crippen LogP contribution in [-0.4, -0.2) is 43.6 Å². The van der Waals surface area contributed by atoms with Crippen molar-refractivity contribution in [2.24, 2.45) is 0 Å². The molecule has 0 aliphatic carbocycles. The van der Waals surface area contributed by atoms with E-state index in [9.17, 15) is 4.79 Å². The lowest BCUT2D eigenvalue weighted by molar-refractivity contribution is -0.113. The number of nitrogens with one attached hydrogen (secondary N) is 1. The van der Waals surface area contributed by atoms with Gasteiger partial charge < -0.3 is 10.4 Å². The van der Waals surface area contributed by atoms with Gasteiger partial charge in [0.25, 0.3) is 0 Å². The first-order valence-electron chi connectivity index (χ1n) is 11.1. The van der Waals surface area contributed by atoms with E-state index in [1.807, 2.05) is 18.2 Å². The zero-order chi connectivity index (χ0) is 25.4. The summed E-state index contributed by atoms with van der Waals surface area (Å²) in [6.45, 7) is 6.52. The van der Waals surface area contributed by atoms with Crippen LogP contribution < -0.4 is 5.32 Å². The second kappa shape index (κ2) is 12.4. The number of rotatable bonds is 8. The van der Waals surface area contributed by atoms with Crippen LogP contribution in [0.5, 0.6) is 0 Å². The molecule has 0 fully saturated rings. The van der Waals surface area contributed by atoms with Crippen LogP contribution >= 0.6 is 35.0 Å². The molecule has 1 aromatic heterocycles. The Kier molecular flexibility index (Phi) is 9.58. The topological polar surface area (TPSA) is 92.9 Å². The molecule has 1 amide bonds. The van der Waals surface area contributed by atoms with Crippen molar-refractivity contribution >= 4 is 46.6 Å². The molecule has 10 heteroatoms. The van der Waals surface area contributed by atoms with E-state index in [4.69, 9.17) is 28.3 Å². The first kappa shape index (κ1) is 27.0. The van der Waals surface area contributed by atoms with Gasteiger partial charge in [0, 0.05) is 18.6 Å². The predicted octanol–water partition coefficient (Wildman–Crippen LogP) is 5.51. The molecular weight excluding hydrogens is 505 g/mol. The summed E-state index contributed by atoms with van der Waals surface area (Å²) in [4.78, 5) is 12.5. The van der Waals surface area contributed by atoms with Crippen molar-refractivity contribution in [3.05, 3.63) is 57.6 Å². The van der Waals surface area contributed by atoms with E-state index >= 15 is 0 Å². The zero-order valence-corrected chi connectivity index (χ0v) is 22.1. The highest BCUT2D eigenvalue weighted by Gasteiger charge is 2.18. The molecule has 0 atom stereocenters. The molecule has 0 saturated carbocycles. The Morgan fingerprint density at radius 1 is 1.14 bits per heavy atom. The van der Waals surface area contributed by atoms with Gasteiger partial charge in [-0.15, -0.1) is 5.10 Å². The lowest BCUT2D eigenvalue weighted by atomic mass is 9.87. The Labute approximate surface area is 219 Å². The molecule has 2 aromatic carbocycles. The van der Waals surface area contributed by atoms with E-state index in [0.717, 1.165) is 24.0 Å². The van der Waals surface area contributed by atoms with E-state index in [1.54, 1.807) is 18.2 Å². The molecule has 0 saturated heterocycles. The molecule has 1 heterocycles. The van der Waals surface area contributed by atoms with Crippen LogP contribution in [0.15, 0.2) is 41.6 Å². The Bertz CT molecular complexity index is 1240. The number of unbranched alkanes of at least 4 members (excludes halogenated alkanes) is 2. The lowest BCUT2D eigenvalue weighted by Gasteiger charge is -2.20. The number of anilines is 1. The second-order valence-electron chi connectivity index (χ2n) is 8.80. The molecule has 0 aliphatic heterocycles. The third-order valence-electron chi connectivity index (χ3n) is 5.00. The van der Waals surface area contributed by atoms with E-state index in [-0.39, 0.29) is 23.7 Å². The van der Waals surface area contributed by atoms with Crippen LogP contribution in [0.25, 0.3) is 5.69 Å². The Hall–Kier alpha value is -2.57. The highest BCUT2D eigenvalue weighted by atomic mass is 35.5. The Morgan fingerprint density at radius 3 is 2.63 bits per heavy atom. The number of aliphatic hydroxyl groups is 1. The maximum absolute atomic E-state index is 12.5. The number of thioether (sulfide) groups is 1. The van der Waals surface area contributed by atoms with Crippen LogP contribution in [0, 0.1) is 11.8 Å². The standard InChI is InChI=1S/C25H27Cl2N5O2S/c1-25(2,3)18-10-12-22(20(27)15-18)32-24(29-30-31-32)35-16-23(34)28-21-11-9-17(14-19(21)26)8-6-4-5-7-13-33/h9-12,14-15,33H,4-5,7,13,16H2,1-3H3,(H,28,34). The number of aromatic nitrogens is 4. The summed E-state index contributed by atoms with van der Waals surface area (Å²) in [5.74, 6) is 5.93. The third kappa shape index (κ3) is 7.71. The fraction of sp³-hybridized carbons (Fsp3) is 0.360. The van der Waals surface area contributed by atoms with Gasteiger partial charge in [0.15, 0.2) is 0 Å². The van der Waals surface area contributed by atoms with Crippen LogP contribution in [0.2, 0.25) is 10.0 Å². The van der Waals surface area contributed by atoms with Crippen molar-refractivity contribution < 1.29 is 9.90 Å². The zero-order valence-electron chi connectivity index (χ0n) is 19.8. The maximum atomic E-state index is 12.5. The van der Waals surface area contributed by atoms with Crippen LogP contribution in [-0.2, 0) is 10.2 Å². The smallest absolute Gasteiger partial charge is 0.234 e. The third-order valence-corrected chi connectivity index (χ3v) is 6.54. The summed E-state index contributed by atoms with van der Waals surface area (Å²) in [7, 11) is 0. The Morgan fingerprint density at radius 2 is 1.94 bits per heavy atom. The van der Waals surface area contributed by atoms with Gasteiger partial charge in [-0.2, -0.15) is 4.68 Å². The molecule has 2 N–H and O–H groups in total. The minimum absolute atomic E-state index is 0.0369. The van der Waals surface area contributed by atoms with Crippen LogP contribution in [0.4, 0.5) is 5.69 Å². The number of carbonyl (C=O) groups excluding carboxylic acids is 1. The van der Waals surface area contributed by atoms with E-state index < -0.39 is 0 Å². The summed E-state index contributed by atoms with van der Waals surface area (Å²) in [5, 5.41) is 24.8. The van der Waals surface area contributed by atoms with Crippen molar-refractivity contribution in [2.75, 3.05) is 17.7 Å². The van der Waals surface area contributed by atoms with Crippen molar-refractivity contribution in [1.29, 1.82) is 0 Å². The monoisotopic (exact) mass is 531 g/mol. The molecule has 0 radical (unpaired) electrons. The molecular formula is C25H27Cl2N5O2S. The normalized spacial score (nSPS) is 11.1. The van der Waals surface area contributed by atoms with Crippen LogP contribution in [0.1, 0.15) is 51.2 Å². The van der Waals surface area contributed by atoms with Crippen molar-refractivity contribution in [3.8, 4) is 17.5 Å². The van der Waals surface area contributed by atoms with Gasteiger partial charge in [0.1, 0.15) is 0 Å². The fourth-order valence-corrected chi connectivity index (χ4v) is 4.24. The van der Waals surface area contributed by atoms with Gasteiger partial charge in [-0.25, -0.2) is 0 Å². The molecule has 0 aliphatic rings. The highest BCUT2D eigenvalue weighted by Crippen LogP contribution is 2.30. The van der Waals surface area contributed by atoms with E-state index in [2.05, 4.69) is 53.5 Å². The summed E-state index contributed by atoms with van der Waals surface area (Å²) in [6.07, 6.45) is 2.29. The van der Waals surface area contributed by atoms with Gasteiger partial charge in [-0.1, -0.05) is 73.6 Å².